The van der Waals surface area contributed by atoms with Crippen molar-refractivity contribution in [2.45, 2.75) is 44.1 Å². The van der Waals surface area contributed by atoms with Crippen molar-refractivity contribution in [1.29, 1.82) is 0 Å². The lowest BCUT2D eigenvalue weighted by Gasteiger charge is -2.21. The molecule has 19 heavy (non-hydrogen) atoms. The molecule has 2 aliphatic rings. The van der Waals surface area contributed by atoms with Gasteiger partial charge in [-0.05, 0) is 35.2 Å². The highest BCUT2D eigenvalue weighted by Crippen LogP contribution is 2.36. The highest BCUT2D eigenvalue weighted by Gasteiger charge is 2.40. The smallest absolute Gasteiger partial charge is 0.283 e. The Morgan fingerprint density at radius 2 is 2.47 bits per heavy atom. The van der Waals surface area contributed by atoms with Gasteiger partial charge in [0, 0.05) is 0 Å². The fraction of sp³-hybridized carbons (Fsp3) is 0.538. The van der Waals surface area contributed by atoms with Gasteiger partial charge in [-0.15, -0.1) is 6.58 Å². The SMILES string of the molecule is C=CCn1ncc(NC2CC3CCC2O3)c(Br)c1=O. The molecule has 6 heteroatoms. The number of hydrogen-bond donors (Lipinski definition) is 1. The first-order valence-corrected chi connectivity index (χ1v) is 7.27. The molecule has 2 bridgehead atoms. The molecule has 0 amide bonds. The summed E-state index contributed by atoms with van der Waals surface area (Å²) in [6.07, 6.45) is 7.25. The quantitative estimate of drug-likeness (QED) is 0.859. The van der Waals surface area contributed by atoms with Crippen LogP contribution in [0.25, 0.3) is 0 Å². The van der Waals surface area contributed by atoms with Gasteiger partial charge in [0.1, 0.15) is 4.47 Å². The van der Waals surface area contributed by atoms with E-state index < -0.39 is 0 Å². The Morgan fingerprint density at radius 3 is 3.11 bits per heavy atom. The van der Waals surface area contributed by atoms with Crippen molar-refractivity contribution in [3.05, 3.63) is 33.7 Å². The van der Waals surface area contributed by atoms with Gasteiger partial charge < -0.3 is 10.1 Å². The number of nitrogens with one attached hydrogen (secondary N) is 1. The van der Waals surface area contributed by atoms with E-state index in [1.807, 2.05) is 0 Å². The largest absolute Gasteiger partial charge is 0.377 e. The third kappa shape index (κ3) is 2.34. The summed E-state index contributed by atoms with van der Waals surface area (Å²) >= 11 is 3.35. The van der Waals surface area contributed by atoms with Crippen molar-refractivity contribution in [2.24, 2.45) is 0 Å². The maximum Gasteiger partial charge on any atom is 0.283 e. The van der Waals surface area contributed by atoms with Crippen molar-refractivity contribution in [1.82, 2.24) is 9.78 Å². The fourth-order valence-electron chi connectivity index (χ4n) is 2.81. The zero-order chi connectivity index (χ0) is 13.4. The summed E-state index contributed by atoms with van der Waals surface area (Å²) in [5.74, 6) is 0. The lowest BCUT2D eigenvalue weighted by Crippen LogP contribution is -2.32. The van der Waals surface area contributed by atoms with E-state index >= 15 is 0 Å². The number of aromatic nitrogens is 2. The number of fused-ring (bicyclic) bond motifs is 2. The zero-order valence-electron chi connectivity index (χ0n) is 10.5. The molecule has 102 valence electrons. The average molecular weight is 326 g/mol. The predicted molar refractivity (Wildman–Crippen MR) is 76.3 cm³/mol. The van der Waals surface area contributed by atoms with Crippen LogP contribution >= 0.6 is 15.9 Å². The van der Waals surface area contributed by atoms with Crippen LogP contribution in [0.1, 0.15) is 19.3 Å². The standard InChI is InChI=1S/C13H16BrN3O2/c1-2-5-17-13(18)12(14)10(7-15-17)16-9-6-8-3-4-11(9)19-8/h2,7-9,11,16H,1,3-6H2. The predicted octanol–water partition coefficient (Wildman–Crippen LogP) is 1.92. The van der Waals surface area contributed by atoms with E-state index in [0.717, 1.165) is 24.9 Å². The van der Waals surface area contributed by atoms with Crippen LogP contribution in [0.5, 0.6) is 0 Å². The van der Waals surface area contributed by atoms with Crippen molar-refractivity contribution < 1.29 is 4.74 Å². The first kappa shape index (κ1) is 12.9. The molecule has 1 N–H and O–H groups in total. The Balaban J connectivity index is 1.80. The van der Waals surface area contributed by atoms with Crippen LogP contribution in [-0.4, -0.2) is 28.0 Å². The van der Waals surface area contributed by atoms with E-state index in [1.165, 1.54) is 4.68 Å². The van der Waals surface area contributed by atoms with Crippen LogP contribution in [0.2, 0.25) is 0 Å². The van der Waals surface area contributed by atoms with Gasteiger partial charge in [-0.1, -0.05) is 6.08 Å². The molecule has 1 aromatic heterocycles. The van der Waals surface area contributed by atoms with Gasteiger partial charge >= 0.3 is 0 Å². The van der Waals surface area contributed by atoms with Gasteiger partial charge in [0.15, 0.2) is 0 Å². The van der Waals surface area contributed by atoms with Crippen LogP contribution < -0.4 is 10.9 Å². The Hall–Kier alpha value is -1.14. The average Bonchev–Trinajstić information content (AvgIpc) is 3.01. The summed E-state index contributed by atoms with van der Waals surface area (Å²) < 4.78 is 7.69. The number of halogens is 1. The van der Waals surface area contributed by atoms with Crippen molar-refractivity contribution in [3.63, 3.8) is 0 Å². The molecule has 2 fully saturated rings. The van der Waals surface area contributed by atoms with Gasteiger partial charge in [-0.2, -0.15) is 5.10 Å². The summed E-state index contributed by atoms with van der Waals surface area (Å²) in [4.78, 5) is 12.0. The van der Waals surface area contributed by atoms with Crippen LogP contribution in [0.4, 0.5) is 5.69 Å². The summed E-state index contributed by atoms with van der Waals surface area (Å²) in [6, 6.07) is 0.284. The van der Waals surface area contributed by atoms with E-state index in [-0.39, 0.29) is 17.7 Å². The Bertz CT molecular complexity index is 557. The minimum Gasteiger partial charge on any atom is -0.377 e. The molecular weight excluding hydrogens is 310 g/mol. The molecule has 2 saturated heterocycles. The number of hydrogen-bond acceptors (Lipinski definition) is 4. The fourth-order valence-corrected chi connectivity index (χ4v) is 3.23. The molecule has 0 radical (unpaired) electrons. The summed E-state index contributed by atoms with van der Waals surface area (Å²) in [5, 5.41) is 7.51. The minimum atomic E-state index is -0.144. The summed E-state index contributed by atoms with van der Waals surface area (Å²) in [6.45, 7) is 4.02. The summed E-state index contributed by atoms with van der Waals surface area (Å²) in [7, 11) is 0. The molecule has 3 rings (SSSR count). The van der Waals surface area contributed by atoms with Crippen molar-refractivity contribution in [2.75, 3.05) is 5.32 Å². The maximum absolute atomic E-state index is 12.0. The molecule has 0 aliphatic carbocycles. The lowest BCUT2D eigenvalue weighted by atomic mass is 9.95. The first-order chi connectivity index (χ1) is 9.19. The van der Waals surface area contributed by atoms with Crippen molar-refractivity contribution >= 4 is 21.6 Å². The van der Waals surface area contributed by atoms with Crippen molar-refractivity contribution in [3.8, 4) is 0 Å². The lowest BCUT2D eigenvalue weighted by molar-refractivity contribution is 0.102. The monoisotopic (exact) mass is 325 g/mol. The third-order valence-corrected chi connectivity index (χ3v) is 4.50. The molecule has 1 aromatic rings. The summed E-state index contributed by atoms with van der Waals surface area (Å²) in [5.41, 5.74) is 0.598. The van der Waals surface area contributed by atoms with Gasteiger partial charge in [0.05, 0.1) is 36.7 Å². The number of nitrogens with zero attached hydrogens (tertiary/aromatic N) is 2. The van der Waals surface area contributed by atoms with E-state index in [1.54, 1.807) is 12.3 Å². The second-order valence-corrected chi connectivity index (χ2v) is 5.80. The minimum absolute atomic E-state index is 0.144. The molecule has 0 aromatic carbocycles. The van der Waals surface area contributed by atoms with Crippen LogP contribution in [0.3, 0.4) is 0 Å². The molecule has 0 saturated carbocycles. The van der Waals surface area contributed by atoms with Crippen LogP contribution in [-0.2, 0) is 11.3 Å². The Morgan fingerprint density at radius 1 is 1.63 bits per heavy atom. The van der Waals surface area contributed by atoms with Crippen LogP contribution in [0, 0.1) is 0 Å². The van der Waals surface area contributed by atoms with Gasteiger partial charge in [-0.25, -0.2) is 4.68 Å². The molecule has 2 aliphatic heterocycles. The first-order valence-electron chi connectivity index (χ1n) is 6.47. The van der Waals surface area contributed by atoms with Gasteiger partial charge in [0.2, 0.25) is 0 Å². The number of rotatable bonds is 4. The Kier molecular flexibility index (Phi) is 3.45. The van der Waals surface area contributed by atoms with E-state index in [9.17, 15) is 4.79 Å². The molecular formula is C13H16BrN3O2. The van der Waals surface area contributed by atoms with E-state index in [2.05, 4.69) is 32.9 Å². The van der Waals surface area contributed by atoms with E-state index in [4.69, 9.17) is 4.74 Å². The molecule has 3 atom stereocenters. The topological polar surface area (TPSA) is 56.1 Å². The second kappa shape index (κ2) is 5.09. The van der Waals surface area contributed by atoms with Gasteiger partial charge in [0.25, 0.3) is 5.56 Å². The third-order valence-electron chi connectivity index (χ3n) is 3.73. The maximum atomic E-state index is 12.0. The highest BCUT2D eigenvalue weighted by atomic mass is 79.9. The molecule has 3 unspecified atom stereocenters. The van der Waals surface area contributed by atoms with E-state index in [0.29, 0.717) is 17.1 Å². The van der Waals surface area contributed by atoms with Gasteiger partial charge in [-0.3, -0.25) is 4.79 Å². The number of ether oxygens (including phenoxy) is 1. The number of allylic oxidation sites excluding steroid dienone is 1. The van der Waals surface area contributed by atoms with Crippen LogP contribution in [0.15, 0.2) is 28.1 Å². The normalized spacial score (nSPS) is 28.6. The second-order valence-electron chi connectivity index (χ2n) is 5.01. The molecule has 0 spiro atoms. The highest BCUT2D eigenvalue weighted by molar-refractivity contribution is 9.10. The molecule has 3 heterocycles. The Labute approximate surface area is 119 Å². The zero-order valence-corrected chi connectivity index (χ0v) is 12.1. The molecule has 5 nitrogen and oxygen atoms in total. The number of anilines is 1.